The van der Waals surface area contributed by atoms with Gasteiger partial charge in [0, 0.05) is 32.9 Å². The molecule has 254 valence electrons. The highest BCUT2D eigenvalue weighted by Gasteiger charge is 2.20. The Balaban J connectivity index is 1.34. The van der Waals surface area contributed by atoms with Crippen LogP contribution in [0.1, 0.15) is 52.7 Å². The Hall–Kier alpha value is -5.86. The summed E-state index contributed by atoms with van der Waals surface area (Å²) in [4.78, 5) is 0. The number of benzene rings is 7. The van der Waals surface area contributed by atoms with E-state index >= 15 is 0 Å². The van der Waals surface area contributed by atoms with Crippen LogP contribution in [-0.2, 0) is 10.8 Å². The van der Waals surface area contributed by atoms with Gasteiger partial charge in [0.1, 0.15) is 0 Å². The van der Waals surface area contributed by atoms with Crippen LogP contribution >= 0.6 is 0 Å². The zero-order valence-corrected chi connectivity index (χ0v) is 30.9. The smallest absolute Gasteiger partial charge is 0.0562 e. The molecule has 2 heteroatoms. The highest BCUT2D eigenvalue weighted by molar-refractivity contribution is 6.19. The molecular weight excluding hydrogens is 629 g/mol. The third-order valence-electron chi connectivity index (χ3n) is 10.8. The fraction of sp³-hybridized carbons (Fsp3) is 0.160. The van der Waals surface area contributed by atoms with Gasteiger partial charge < -0.3 is 9.13 Å². The van der Waals surface area contributed by atoms with Crippen LogP contribution in [-0.4, -0.2) is 9.13 Å². The molecule has 2 aromatic heterocycles. The molecule has 0 aliphatic carbocycles. The van der Waals surface area contributed by atoms with Crippen LogP contribution in [0, 0.1) is 0 Å². The van der Waals surface area contributed by atoms with Gasteiger partial charge in [0.25, 0.3) is 0 Å². The quantitative estimate of drug-likeness (QED) is 0.176. The molecule has 0 radical (unpaired) electrons. The number of aromatic nitrogens is 2. The van der Waals surface area contributed by atoms with E-state index in [0.717, 1.165) is 11.4 Å². The van der Waals surface area contributed by atoms with Crippen LogP contribution in [0.4, 0.5) is 0 Å². The van der Waals surface area contributed by atoms with E-state index in [4.69, 9.17) is 0 Å². The van der Waals surface area contributed by atoms with Crippen molar-refractivity contribution in [3.05, 3.63) is 169 Å². The van der Waals surface area contributed by atoms with E-state index in [1.54, 1.807) is 0 Å². The van der Waals surface area contributed by atoms with Crippen molar-refractivity contribution >= 4 is 43.6 Å². The van der Waals surface area contributed by atoms with Crippen LogP contribution in [0.3, 0.4) is 0 Å². The molecule has 0 aliphatic rings. The maximum atomic E-state index is 2.48. The lowest BCUT2D eigenvalue weighted by atomic mass is 9.85. The van der Waals surface area contributed by atoms with Crippen molar-refractivity contribution in [3.63, 3.8) is 0 Å². The minimum Gasteiger partial charge on any atom is -0.309 e. The molecule has 2 nitrogen and oxygen atoms in total. The second kappa shape index (κ2) is 11.9. The van der Waals surface area contributed by atoms with Crippen LogP contribution in [0.5, 0.6) is 0 Å². The summed E-state index contributed by atoms with van der Waals surface area (Å²) < 4.78 is 4.90. The van der Waals surface area contributed by atoms with Crippen molar-refractivity contribution in [2.45, 2.75) is 52.4 Å². The number of hydrogen-bond acceptors (Lipinski definition) is 0. The van der Waals surface area contributed by atoms with Crippen molar-refractivity contribution in [2.75, 3.05) is 0 Å². The predicted octanol–water partition coefficient (Wildman–Crippen LogP) is 13.8. The highest BCUT2D eigenvalue weighted by Crippen LogP contribution is 2.41. The van der Waals surface area contributed by atoms with E-state index < -0.39 is 0 Å². The second-order valence-electron chi connectivity index (χ2n) is 16.4. The zero-order chi connectivity index (χ0) is 35.8. The van der Waals surface area contributed by atoms with E-state index in [1.165, 1.54) is 77.0 Å². The summed E-state index contributed by atoms with van der Waals surface area (Å²) >= 11 is 0. The van der Waals surface area contributed by atoms with E-state index in [0.29, 0.717) is 0 Å². The summed E-state index contributed by atoms with van der Waals surface area (Å²) in [6.07, 6.45) is 0. The Labute approximate surface area is 306 Å². The van der Waals surface area contributed by atoms with Crippen LogP contribution in [0.25, 0.3) is 77.2 Å². The van der Waals surface area contributed by atoms with Gasteiger partial charge in [-0.2, -0.15) is 0 Å². The Morgan fingerprint density at radius 3 is 1.19 bits per heavy atom. The monoisotopic (exact) mass is 672 g/mol. The molecule has 0 spiro atoms. The number of rotatable bonds is 4. The van der Waals surface area contributed by atoms with Crippen LogP contribution < -0.4 is 0 Å². The summed E-state index contributed by atoms with van der Waals surface area (Å²) in [5.41, 5.74) is 14.9. The minimum absolute atomic E-state index is 0.0941. The van der Waals surface area contributed by atoms with Crippen molar-refractivity contribution in [2.24, 2.45) is 0 Å². The molecule has 9 rings (SSSR count). The molecule has 9 aromatic rings. The van der Waals surface area contributed by atoms with Crippen molar-refractivity contribution in [3.8, 4) is 33.6 Å². The lowest BCUT2D eigenvalue weighted by molar-refractivity contribution is 0.590. The normalized spacial score (nSPS) is 12.4. The average Bonchev–Trinajstić information content (AvgIpc) is 3.65. The van der Waals surface area contributed by atoms with Gasteiger partial charge in [-0.3, -0.25) is 0 Å². The molecule has 0 N–H and O–H groups in total. The van der Waals surface area contributed by atoms with Gasteiger partial charge in [0.15, 0.2) is 0 Å². The first-order valence-corrected chi connectivity index (χ1v) is 18.4. The molecule has 52 heavy (non-hydrogen) atoms. The third kappa shape index (κ3) is 5.33. The molecule has 0 amide bonds. The van der Waals surface area contributed by atoms with Crippen LogP contribution in [0.2, 0.25) is 0 Å². The Morgan fingerprint density at radius 2 is 0.731 bits per heavy atom. The van der Waals surface area contributed by atoms with E-state index in [-0.39, 0.29) is 10.8 Å². The lowest BCUT2D eigenvalue weighted by Gasteiger charge is -2.20. The summed E-state index contributed by atoms with van der Waals surface area (Å²) in [5.74, 6) is 0. The maximum Gasteiger partial charge on any atom is 0.0562 e. The number of nitrogens with zero attached hydrogens (tertiary/aromatic N) is 2. The summed E-state index contributed by atoms with van der Waals surface area (Å²) in [6.45, 7) is 13.7. The Bertz CT molecular complexity index is 2690. The number of para-hydroxylation sites is 3. The minimum atomic E-state index is 0.0941. The van der Waals surface area contributed by atoms with E-state index in [1.807, 2.05) is 0 Å². The molecule has 0 atom stereocenters. The predicted molar refractivity (Wildman–Crippen MR) is 223 cm³/mol. The maximum absolute atomic E-state index is 2.48. The first-order valence-electron chi connectivity index (χ1n) is 18.4. The average molecular weight is 673 g/mol. The second-order valence-corrected chi connectivity index (χ2v) is 16.4. The molecule has 0 aliphatic heterocycles. The standard InChI is InChI=1S/C50H44N2/c1-49(2,3)37-24-20-33(21-25-37)35-28-36(34-22-26-38(27-23-34)50(4,5)6)30-40(29-35)52-46-19-13-11-17-42(46)44-31-43-41-16-10-12-18-45(41)51(47(43)32-48(44)52)39-14-8-7-9-15-39/h7-32H,1-6H3. The molecular formula is C50H44N2. The van der Waals surface area contributed by atoms with Gasteiger partial charge in [-0.05, 0) is 98.8 Å². The Kier molecular flexibility index (Phi) is 7.31. The molecule has 2 heterocycles. The highest BCUT2D eigenvalue weighted by atomic mass is 15.0. The van der Waals surface area contributed by atoms with Crippen molar-refractivity contribution in [1.82, 2.24) is 9.13 Å². The largest absolute Gasteiger partial charge is 0.309 e. The molecule has 0 unspecified atom stereocenters. The van der Waals surface area contributed by atoms with Gasteiger partial charge in [0.2, 0.25) is 0 Å². The SMILES string of the molecule is CC(C)(C)c1ccc(-c2cc(-c3ccc(C(C)(C)C)cc3)cc(-n3c4ccccc4c4cc5c6ccccc6n(-c6ccccc6)c5cc43)c2)cc1. The summed E-state index contributed by atoms with van der Waals surface area (Å²) in [5, 5.41) is 5.05. The van der Waals surface area contributed by atoms with Gasteiger partial charge in [0.05, 0.1) is 22.1 Å². The van der Waals surface area contributed by atoms with Gasteiger partial charge >= 0.3 is 0 Å². The fourth-order valence-corrected chi connectivity index (χ4v) is 7.96. The van der Waals surface area contributed by atoms with Crippen molar-refractivity contribution in [1.29, 1.82) is 0 Å². The lowest BCUT2D eigenvalue weighted by Crippen LogP contribution is -2.10. The molecule has 7 aromatic carbocycles. The summed E-state index contributed by atoms with van der Waals surface area (Å²) in [7, 11) is 0. The van der Waals surface area contributed by atoms with Gasteiger partial charge in [-0.25, -0.2) is 0 Å². The number of hydrogen-bond donors (Lipinski definition) is 0. The number of fused-ring (bicyclic) bond motifs is 6. The fourth-order valence-electron chi connectivity index (χ4n) is 7.96. The zero-order valence-electron chi connectivity index (χ0n) is 30.9. The first kappa shape index (κ1) is 32.1. The topological polar surface area (TPSA) is 9.86 Å². The summed E-state index contributed by atoms with van der Waals surface area (Å²) in [6, 6.07) is 58.7. The molecule has 0 saturated heterocycles. The van der Waals surface area contributed by atoms with E-state index in [9.17, 15) is 0 Å². The van der Waals surface area contributed by atoms with Gasteiger partial charge in [-0.15, -0.1) is 0 Å². The van der Waals surface area contributed by atoms with Crippen molar-refractivity contribution < 1.29 is 0 Å². The third-order valence-corrected chi connectivity index (χ3v) is 10.8. The van der Waals surface area contributed by atoms with Crippen LogP contribution in [0.15, 0.2) is 158 Å². The first-order chi connectivity index (χ1) is 25.0. The Morgan fingerprint density at radius 1 is 0.308 bits per heavy atom. The van der Waals surface area contributed by atoms with Gasteiger partial charge in [-0.1, -0.05) is 145 Å². The van der Waals surface area contributed by atoms with E-state index in [2.05, 4.69) is 208 Å². The molecule has 0 fully saturated rings. The molecule has 0 bridgehead atoms. The molecule has 0 saturated carbocycles.